The number of anilines is 1. The van der Waals surface area contributed by atoms with Gasteiger partial charge in [0.25, 0.3) is 0 Å². The van der Waals surface area contributed by atoms with Gasteiger partial charge in [0.1, 0.15) is 0 Å². The first-order chi connectivity index (χ1) is 10.0. The van der Waals surface area contributed by atoms with Crippen molar-refractivity contribution in [2.24, 2.45) is 17.8 Å². The molecule has 1 aromatic rings. The monoisotopic (exact) mass is 285 g/mol. The van der Waals surface area contributed by atoms with Gasteiger partial charge in [0.15, 0.2) is 0 Å². The molecule has 5 heteroatoms. The molecule has 0 bridgehead atoms. The third-order valence-electron chi connectivity index (χ3n) is 4.25. The highest BCUT2D eigenvalue weighted by molar-refractivity contribution is 6.22. The van der Waals surface area contributed by atoms with Crippen LogP contribution in [0.4, 0.5) is 5.69 Å². The number of allylic oxidation sites excluding steroid dienone is 2. The molecule has 1 aromatic carbocycles. The SMILES string of the molecule is C[C@@H]1C=CC[C@@H]2C(=O)N(c3ccc(C(=O)O)cc3)C(=O)[C@@H]12. The molecule has 0 radical (unpaired) electrons. The van der Waals surface area contributed by atoms with E-state index in [0.29, 0.717) is 12.1 Å². The lowest BCUT2D eigenvalue weighted by Gasteiger charge is -2.22. The van der Waals surface area contributed by atoms with Gasteiger partial charge >= 0.3 is 5.97 Å². The van der Waals surface area contributed by atoms with Crippen LogP contribution in [-0.2, 0) is 9.59 Å². The van der Waals surface area contributed by atoms with Gasteiger partial charge in [0.2, 0.25) is 11.8 Å². The Balaban J connectivity index is 1.94. The van der Waals surface area contributed by atoms with Gasteiger partial charge in [-0.1, -0.05) is 19.1 Å². The molecule has 1 saturated heterocycles. The summed E-state index contributed by atoms with van der Waals surface area (Å²) in [6.45, 7) is 1.94. The first kappa shape index (κ1) is 13.5. The van der Waals surface area contributed by atoms with E-state index in [1.165, 1.54) is 29.2 Å². The summed E-state index contributed by atoms with van der Waals surface area (Å²) in [5.74, 6) is -1.97. The second kappa shape index (κ2) is 4.84. The van der Waals surface area contributed by atoms with Crippen LogP contribution < -0.4 is 4.90 Å². The van der Waals surface area contributed by atoms with Gasteiger partial charge in [-0.15, -0.1) is 0 Å². The number of aromatic carboxylic acids is 1. The van der Waals surface area contributed by atoms with Gasteiger partial charge in [-0.05, 0) is 36.6 Å². The van der Waals surface area contributed by atoms with Crippen molar-refractivity contribution in [3.8, 4) is 0 Å². The quantitative estimate of drug-likeness (QED) is 0.667. The van der Waals surface area contributed by atoms with E-state index in [4.69, 9.17) is 5.11 Å². The molecule has 108 valence electrons. The topological polar surface area (TPSA) is 74.7 Å². The zero-order valence-corrected chi connectivity index (χ0v) is 11.5. The molecular formula is C16H15NO4. The summed E-state index contributed by atoms with van der Waals surface area (Å²) in [6, 6.07) is 5.83. The lowest BCUT2D eigenvalue weighted by Crippen LogP contribution is -2.31. The average Bonchev–Trinajstić information content (AvgIpc) is 2.72. The molecule has 0 saturated carbocycles. The number of carbonyl (C=O) groups excluding carboxylic acids is 2. The molecule has 3 rings (SSSR count). The maximum atomic E-state index is 12.5. The van der Waals surface area contributed by atoms with Crippen molar-refractivity contribution in [2.75, 3.05) is 4.90 Å². The smallest absolute Gasteiger partial charge is 0.335 e. The molecule has 5 nitrogen and oxygen atoms in total. The van der Waals surface area contributed by atoms with Crippen LogP contribution in [0.3, 0.4) is 0 Å². The van der Waals surface area contributed by atoms with Crippen molar-refractivity contribution in [3.05, 3.63) is 42.0 Å². The Morgan fingerprint density at radius 3 is 2.43 bits per heavy atom. The fraction of sp³-hybridized carbons (Fsp3) is 0.312. The molecule has 2 aliphatic rings. The number of hydrogen-bond donors (Lipinski definition) is 1. The minimum Gasteiger partial charge on any atom is -0.478 e. The van der Waals surface area contributed by atoms with Crippen molar-refractivity contribution < 1.29 is 19.5 Å². The molecule has 2 amide bonds. The van der Waals surface area contributed by atoms with Gasteiger partial charge in [-0.3, -0.25) is 14.5 Å². The Morgan fingerprint density at radius 1 is 1.19 bits per heavy atom. The van der Waals surface area contributed by atoms with E-state index in [0.717, 1.165) is 0 Å². The Labute approximate surface area is 121 Å². The normalized spacial score (nSPS) is 27.9. The number of fused-ring (bicyclic) bond motifs is 1. The van der Waals surface area contributed by atoms with E-state index in [2.05, 4.69) is 0 Å². The van der Waals surface area contributed by atoms with Gasteiger partial charge in [-0.25, -0.2) is 4.79 Å². The number of carboxylic acid groups (broad SMARTS) is 1. The van der Waals surface area contributed by atoms with Crippen molar-refractivity contribution in [2.45, 2.75) is 13.3 Å². The average molecular weight is 285 g/mol. The molecule has 1 heterocycles. The first-order valence-corrected chi connectivity index (χ1v) is 6.88. The standard InChI is InChI=1S/C16H15NO4/c1-9-3-2-4-12-13(9)15(19)17(14(12)18)11-7-5-10(6-8-11)16(20)21/h2-3,5-9,12-13H,4H2,1H3,(H,20,21)/t9-,12+,13+/m1/s1. The van der Waals surface area contributed by atoms with Gasteiger partial charge < -0.3 is 5.11 Å². The summed E-state index contributed by atoms with van der Waals surface area (Å²) in [7, 11) is 0. The van der Waals surface area contributed by atoms with Gasteiger partial charge in [0, 0.05) is 0 Å². The van der Waals surface area contributed by atoms with E-state index in [1.807, 2.05) is 19.1 Å². The number of carbonyl (C=O) groups is 3. The van der Waals surface area contributed by atoms with Gasteiger partial charge in [-0.2, -0.15) is 0 Å². The summed E-state index contributed by atoms with van der Waals surface area (Å²) in [5.41, 5.74) is 0.571. The Morgan fingerprint density at radius 2 is 1.86 bits per heavy atom. The van der Waals surface area contributed by atoms with Crippen molar-refractivity contribution in [1.82, 2.24) is 0 Å². The van der Waals surface area contributed by atoms with Gasteiger partial charge in [0.05, 0.1) is 23.1 Å². The van der Waals surface area contributed by atoms with Crippen LogP contribution in [0.25, 0.3) is 0 Å². The zero-order valence-electron chi connectivity index (χ0n) is 11.5. The number of rotatable bonds is 2. The molecule has 1 aliphatic carbocycles. The summed E-state index contributed by atoms with van der Waals surface area (Å²) in [5, 5.41) is 8.89. The molecule has 0 unspecified atom stereocenters. The van der Waals surface area contributed by atoms with E-state index >= 15 is 0 Å². The molecule has 0 spiro atoms. The molecule has 21 heavy (non-hydrogen) atoms. The van der Waals surface area contributed by atoms with Crippen LogP contribution in [-0.4, -0.2) is 22.9 Å². The predicted molar refractivity (Wildman–Crippen MR) is 75.8 cm³/mol. The maximum Gasteiger partial charge on any atom is 0.335 e. The van der Waals surface area contributed by atoms with E-state index < -0.39 is 5.97 Å². The van der Waals surface area contributed by atoms with Crippen LogP contribution >= 0.6 is 0 Å². The third kappa shape index (κ3) is 2.05. The van der Waals surface area contributed by atoms with E-state index in [9.17, 15) is 14.4 Å². The lowest BCUT2D eigenvalue weighted by atomic mass is 9.78. The largest absolute Gasteiger partial charge is 0.478 e. The summed E-state index contributed by atoms with van der Waals surface area (Å²) >= 11 is 0. The Bertz CT molecular complexity index is 647. The fourth-order valence-electron chi connectivity index (χ4n) is 3.16. The molecule has 3 atom stereocenters. The highest BCUT2D eigenvalue weighted by atomic mass is 16.4. The lowest BCUT2D eigenvalue weighted by molar-refractivity contribution is -0.122. The second-order valence-electron chi connectivity index (χ2n) is 5.52. The molecule has 1 N–H and O–H groups in total. The minimum atomic E-state index is -1.04. The highest BCUT2D eigenvalue weighted by Crippen LogP contribution is 2.40. The predicted octanol–water partition coefficient (Wildman–Crippen LogP) is 2.09. The van der Waals surface area contributed by atoms with Crippen LogP contribution in [0.1, 0.15) is 23.7 Å². The summed E-state index contributed by atoms with van der Waals surface area (Å²) in [6.07, 6.45) is 4.51. The second-order valence-corrected chi connectivity index (χ2v) is 5.52. The maximum absolute atomic E-state index is 12.5. The van der Waals surface area contributed by atoms with Crippen LogP contribution in [0.15, 0.2) is 36.4 Å². The third-order valence-corrected chi connectivity index (χ3v) is 4.25. The van der Waals surface area contributed by atoms with Crippen LogP contribution in [0, 0.1) is 17.8 Å². The Kier molecular flexibility index (Phi) is 3.12. The van der Waals surface area contributed by atoms with E-state index in [1.54, 1.807) is 0 Å². The van der Waals surface area contributed by atoms with Crippen molar-refractivity contribution in [1.29, 1.82) is 0 Å². The number of imide groups is 1. The summed E-state index contributed by atoms with van der Waals surface area (Å²) < 4.78 is 0. The van der Waals surface area contributed by atoms with Crippen molar-refractivity contribution >= 4 is 23.5 Å². The molecule has 1 aliphatic heterocycles. The first-order valence-electron chi connectivity index (χ1n) is 6.88. The number of benzene rings is 1. The number of amides is 2. The van der Waals surface area contributed by atoms with Crippen LogP contribution in [0.5, 0.6) is 0 Å². The Hall–Kier alpha value is -2.43. The highest BCUT2D eigenvalue weighted by Gasteiger charge is 2.50. The fourth-order valence-corrected chi connectivity index (χ4v) is 3.16. The molecule has 0 aromatic heterocycles. The molecular weight excluding hydrogens is 270 g/mol. The number of carboxylic acids is 1. The molecule has 1 fully saturated rings. The number of hydrogen-bond acceptors (Lipinski definition) is 3. The van der Waals surface area contributed by atoms with Crippen molar-refractivity contribution in [3.63, 3.8) is 0 Å². The van der Waals surface area contributed by atoms with Crippen LogP contribution in [0.2, 0.25) is 0 Å². The number of nitrogens with zero attached hydrogens (tertiary/aromatic N) is 1. The minimum absolute atomic E-state index is 0.0449. The van der Waals surface area contributed by atoms with E-state index in [-0.39, 0.29) is 35.1 Å². The zero-order chi connectivity index (χ0) is 15.1. The summed E-state index contributed by atoms with van der Waals surface area (Å²) in [4.78, 5) is 37.1.